The standard InChI is InChI=1S/C23H26FN3O2/c1-15(2)16-8-7-9-17(14-16)23(3,4)26-22(29)27-13-12-25-21(28)20(27)18-10-5-6-11-19(18)24/h5-11,14,20H,1,12-13H2,2-4H3,(H,25,28)(H,26,29). The van der Waals surface area contributed by atoms with E-state index in [1.54, 1.807) is 12.1 Å². The summed E-state index contributed by atoms with van der Waals surface area (Å²) < 4.78 is 14.4. The van der Waals surface area contributed by atoms with Crippen molar-refractivity contribution in [1.82, 2.24) is 15.5 Å². The molecule has 1 saturated heterocycles. The van der Waals surface area contributed by atoms with E-state index >= 15 is 0 Å². The summed E-state index contributed by atoms with van der Waals surface area (Å²) in [7, 11) is 0. The number of nitrogens with zero attached hydrogens (tertiary/aromatic N) is 1. The lowest BCUT2D eigenvalue weighted by Crippen LogP contribution is -2.57. The Morgan fingerprint density at radius 2 is 1.97 bits per heavy atom. The van der Waals surface area contributed by atoms with Crippen LogP contribution in [0.15, 0.2) is 55.1 Å². The van der Waals surface area contributed by atoms with Crippen molar-refractivity contribution in [2.24, 2.45) is 0 Å². The summed E-state index contributed by atoms with van der Waals surface area (Å²) in [5.74, 6) is -0.903. The van der Waals surface area contributed by atoms with E-state index in [0.717, 1.165) is 16.7 Å². The fraction of sp³-hybridized carbons (Fsp3) is 0.304. The highest BCUT2D eigenvalue weighted by Crippen LogP contribution is 2.28. The predicted molar refractivity (Wildman–Crippen MR) is 112 cm³/mol. The van der Waals surface area contributed by atoms with Crippen LogP contribution in [0.3, 0.4) is 0 Å². The first-order valence-electron chi connectivity index (χ1n) is 9.58. The van der Waals surface area contributed by atoms with Crippen molar-refractivity contribution in [3.8, 4) is 0 Å². The van der Waals surface area contributed by atoms with Crippen molar-refractivity contribution >= 4 is 17.5 Å². The molecule has 1 heterocycles. The highest BCUT2D eigenvalue weighted by atomic mass is 19.1. The number of carbonyl (C=O) groups is 2. The van der Waals surface area contributed by atoms with Crippen LogP contribution in [0.4, 0.5) is 9.18 Å². The van der Waals surface area contributed by atoms with Crippen LogP contribution >= 0.6 is 0 Å². The maximum Gasteiger partial charge on any atom is 0.319 e. The number of rotatable bonds is 4. The first kappa shape index (κ1) is 20.6. The van der Waals surface area contributed by atoms with Gasteiger partial charge in [0.05, 0.1) is 5.54 Å². The van der Waals surface area contributed by atoms with Crippen LogP contribution in [0.5, 0.6) is 0 Å². The molecule has 152 valence electrons. The summed E-state index contributed by atoms with van der Waals surface area (Å²) in [6.07, 6.45) is 0. The first-order valence-corrected chi connectivity index (χ1v) is 9.58. The SMILES string of the molecule is C=C(C)c1cccc(C(C)(C)NC(=O)N2CCNC(=O)C2c2ccccc2F)c1. The summed E-state index contributed by atoms with van der Waals surface area (Å²) in [5.41, 5.74) is 2.32. The number of benzene rings is 2. The zero-order chi connectivity index (χ0) is 21.2. The minimum Gasteiger partial charge on any atom is -0.352 e. The topological polar surface area (TPSA) is 61.4 Å². The molecule has 0 bridgehead atoms. The quantitative estimate of drug-likeness (QED) is 0.823. The number of nitrogens with one attached hydrogen (secondary N) is 2. The van der Waals surface area contributed by atoms with Gasteiger partial charge in [-0.25, -0.2) is 9.18 Å². The van der Waals surface area contributed by atoms with E-state index in [9.17, 15) is 14.0 Å². The van der Waals surface area contributed by atoms with Crippen LogP contribution in [0, 0.1) is 5.82 Å². The molecule has 0 aliphatic carbocycles. The van der Waals surface area contributed by atoms with E-state index in [1.807, 2.05) is 45.0 Å². The van der Waals surface area contributed by atoms with Crippen LogP contribution in [0.1, 0.15) is 43.5 Å². The van der Waals surface area contributed by atoms with Crippen molar-refractivity contribution in [2.75, 3.05) is 13.1 Å². The number of hydrogen-bond acceptors (Lipinski definition) is 2. The van der Waals surface area contributed by atoms with E-state index in [2.05, 4.69) is 17.2 Å². The van der Waals surface area contributed by atoms with Gasteiger partial charge >= 0.3 is 6.03 Å². The monoisotopic (exact) mass is 395 g/mol. The number of carbonyl (C=O) groups excluding carboxylic acids is 2. The Bertz CT molecular complexity index is 955. The zero-order valence-electron chi connectivity index (χ0n) is 17.0. The normalized spacial score (nSPS) is 16.9. The smallest absolute Gasteiger partial charge is 0.319 e. The van der Waals surface area contributed by atoms with E-state index in [1.165, 1.54) is 17.0 Å². The fourth-order valence-corrected chi connectivity index (χ4v) is 3.48. The average Bonchev–Trinajstić information content (AvgIpc) is 2.68. The molecule has 1 atom stereocenters. The molecule has 1 aliphatic heterocycles. The molecule has 1 unspecified atom stereocenters. The third-order valence-corrected chi connectivity index (χ3v) is 5.17. The molecule has 1 aliphatic rings. The molecule has 0 spiro atoms. The first-order chi connectivity index (χ1) is 13.7. The third kappa shape index (κ3) is 4.31. The van der Waals surface area contributed by atoms with Crippen LogP contribution in [0.25, 0.3) is 5.57 Å². The fourth-order valence-electron chi connectivity index (χ4n) is 3.48. The maximum absolute atomic E-state index is 14.4. The molecule has 0 aromatic heterocycles. The minimum atomic E-state index is -1.01. The van der Waals surface area contributed by atoms with Crippen LogP contribution in [-0.4, -0.2) is 29.9 Å². The second-order valence-corrected chi connectivity index (χ2v) is 7.82. The molecule has 3 amide bonds. The summed E-state index contributed by atoms with van der Waals surface area (Å²) in [6, 6.07) is 12.4. The van der Waals surface area contributed by atoms with Crippen molar-refractivity contribution < 1.29 is 14.0 Å². The third-order valence-electron chi connectivity index (χ3n) is 5.17. The van der Waals surface area contributed by atoms with Crippen molar-refractivity contribution in [3.63, 3.8) is 0 Å². The molecule has 3 rings (SSSR count). The van der Waals surface area contributed by atoms with Gasteiger partial charge in [0.25, 0.3) is 0 Å². The Kier molecular flexibility index (Phi) is 5.73. The Morgan fingerprint density at radius 3 is 2.66 bits per heavy atom. The van der Waals surface area contributed by atoms with Crippen LogP contribution < -0.4 is 10.6 Å². The molecule has 5 nitrogen and oxygen atoms in total. The van der Waals surface area contributed by atoms with Gasteiger partial charge in [0, 0.05) is 18.7 Å². The Balaban J connectivity index is 1.88. The molecule has 2 aromatic rings. The number of piperazine rings is 1. The van der Waals surface area contributed by atoms with Gasteiger partial charge < -0.3 is 15.5 Å². The summed E-state index contributed by atoms with van der Waals surface area (Å²) in [4.78, 5) is 27.0. The molecule has 0 radical (unpaired) electrons. The van der Waals surface area contributed by atoms with Gasteiger partial charge in [0.1, 0.15) is 11.9 Å². The molecule has 0 saturated carbocycles. The van der Waals surface area contributed by atoms with Gasteiger partial charge in [-0.3, -0.25) is 4.79 Å². The lowest BCUT2D eigenvalue weighted by Gasteiger charge is -2.38. The van der Waals surface area contributed by atoms with E-state index in [-0.39, 0.29) is 5.56 Å². The predicted octanol–water partition coefficient (Wildman–Crippen LogP) is 3.98. The van der Waals surface area contributed by atoms with Crippen molar-refractivity contribution in [1.29, 1.82) is 0 Å². The largest absolute Gasteiger partial charge is 0.352 e. The molecular formula is C23H26FN3O2. The van der Waals surface area contributed by atoms with Gasteiger partial charge in [-0.05, 0) is 44.0 Å². The lowest BCUT2D eigenvalue weighted by molar-refractivity contribution is -0.128. The second kappa shape index (κ2) is 8.07. The van der Waals surface area contributed by atoms with Gasteiger partial charge in [-0.1, -0.05) is 48.6 Å². The molecule has 2 aromatic carbocycles. The Hall–Kier alpha value is -3.15. The minimum absolute atomic E-state index is 0.182. The Labute approximate surface area is 170 Å². The summed E-state index contributed by atoms with van der Waals surface area (Å²) in [5, 5.41) is 5.72. The zero-order valence-corrected chi connectivity index (χ0v) is 17.0. The van der Waals surface area contributed by atoms with Crippen molar-refractivity contribution in [3.05, 3.63) is 77.6 Å². The maximum atomic E-state index is 14.4. The molecular weight excluding hydrogens is 369 g/mol. The lowest BCUT2D eigenvalue weighted by atomic mass is 9.91. The van der Waals surface area contributed by atoms with Gasteiger partial charge in [0.2, 0.25) is 5.91 Å². The van der Waals surface area contributed by atoms with Crippen LogP contribution in [-0.2, 0) is 10.3 Å². The average molecular weight is 395 g/mol. The van der Waals surface area contributed by atoms with Crippen LogP contribution in [0.2, 0.25) is 0 Å². The number of urea groups is 1. The summed E-state index contributed by atoms with van der Waals surface area (Å²) >= 11 is 0. The molecule has 29 heavy (non-hydrogen) atoms. The van der Waals surface area contributed by atoms with E-state index in [0.29, 0.717) is 13.1 Å². The number of allylic oxidation sites excluding steroid dienone is 1. The van der Waals surface area contributed by atoms with Gasteiger partial charge in [0.15, 0.2) is 0 Å². The summed E-state index contributed by atoms with van der Waals surface area (Å²) in [6.45, 7) is 10.3. The van der Waals surface area contributed by atoms with E-state index < -0.39 is 29.3 Å². The highest BCUT2D eigenvalue weighted by Gasteiger charge is 2.37. The van der Waals surface area contributed by atoms with Gasteiger partial charge in [-0.15, -0.1) is 0 Å². The Morgan fingerprint density at radius 1 is 1.24 bits per heavy atom. The van der Waals surface area contributed by atoms with Crippen molar-refractivity contribution in [2.45, 2.75) is 32.4 Å². The van der Waals surface area contributed by atoms with Gasteiger partial charge in [-0.2, -0.15) is 0 Å². The molecule has 6 heteroatoms. The van der Waals surface area contributed by atoms with E-state index in [4.69, 9.17) is 0 Å². The number of hydrogen-bond donors (Lipinski definition) is 2. The highest BCUT2D eigenvalue weighted by molar-refractivity contribution is 5.89. The molecule has 1 fully saturated rings. The second-order valence-electron chi connectivity index (χ2n) is 7.82. The number of halogens is 1. The molecule has 2 N–H and O–H groups in total. The number of amides is 3.